The molecule has 0 unspecified atom stereocenters. The number of allylic oxidation sites excluding steroid dienone is 4. The Morgan fingerprint density at radius 1 is 0.634 bits per heavy atom. The number of fused-ring (bicyclic) bond motifs is 6. The van der Waals surface area contributed by atoms with Gasteiger partial charge in [0.2, 0.25) is 0 Å². The van der Waals surface area contributed by atoms with Crippen LogP contribution in [0.25, 0.3) is 39.2 Å². The molecule has 19 heteroatoms. The van der Waals surface area contributed by atoms with Gasteiger partial charge in [0.15, 0.2) is 17.5 Å². The molecule has 5 aromatic heterocycles. The molecule has 0 spiro atoms. The quantitative estimate of drug-likeness (QED) is 0.123. The van der Waals surface area contributed by atoms with E-state index in [4.69, 9.17) is 0 Å². The number of rotatable bonds is 7. The Kier molecular flexibility index (Phi) is 15.8. The number of benzene rings is 2. The number of aromatic nitrogens is 9. The summed E-state index contributed by atoms with van der Waals surface area (Å²) < 4.78 is 115. The van der Waals surface area contributed by atoms with Gasteiger partial charge in [0, 0.05) is 75.2 Å². The summed E-state index contributed by atoms with van der Waals surface area (Å²) >= 11 is 0. The number of anilines is 2. The Balaban J connectivity index is 0.000000157. The lowest BCUT2D eigenvalue weighted by molar-refractivity contribution is 0.0133. The molecule has 7 aromatic rings. The summed E-state index contributed by atoms with van der Waals surface area (Å²) in [5.41, 5.74) is 5.28. The van der Waals surface area contributed by atoms with Gasteiger partial charge < -0.3 is 10.2 Å². The Bertz CT molecular complexity index is 3130. The maximum absolute atomic E-state index is 15.2. The zero-order valence-electron chi connectivity index (χ0n) is 40.6. The van der Waals surface area contributed by atoms with E-state index in [-0.39, 0.29) is 28.6 Å². The molecule has 2 aromatic carbocycles. The van der Waals surface area contributed by atoms with Gasteiger partial charge in [0.25, 0.3) is 5.92 Å². The van der Waals surface area contributed by atoms with Crippen molar-refractivity contribution < 1.29 is 35.1 Å². The van der Waals surface area contributed by atoms with Crippen molar-refractivity contribution in [3.63, 3.8) is 0 Å². The van der Waals surface area contributed by atoms with Gasteiger partial charge in [-0.05, 0) is 112 Å². The number of aryl methyl sites for hydroxylation is 6. The van der Waals surface area contributed by atoms with E-state index < -0.39 is 28.9 Å². The Morgan fingerprint density at radius 2 is 1.13 bits per heavy atom. The van der Waals surface area contributed by atoms with Crippen LogP contribution in [-0.4, -0.2) is 64.6 Å². The lowest BCUT2D eigenvalue weighted by atomic mass is 9.96. The van der Waals surface area contributed by atoms with Crippen LogP contribution in [0.4, 0.5) is 46.5 Å². The smallest absolute Gasteiger partial charge is 0.274 e. The number of nitrogens with zero attached hydrogens (tertiary/aromatic N) is 10. The SMILES string of the molecule is C/C=C(\C=C(/C)F)c1cncc(F)c1C(C)(F)F.CC.CNc1c(F)cncc1-c1cc(F)c2c(c1)CCc1nnc(C)n1-2.Cc1nnc2n1-c1c(F)cc(-c3cncc(F)c3N3CCCC3)cc1CC2. The van der Waals surface area contributed by atoms with E-state index in [1.54, 1.807) is 36.2 Å². The van der Waals surface area contributed by atoms with Crippen LogP contribution in [0.5, 0.6) is 0 Å². The first-order chi connectivity index (χ1) is 34.0. The highest BCUT2D eigenvalue weighted by Crippen LogP contribution is 2.40. The van der Waals surface area contributed by atoms with Crippen LogP contribution >= 0.6 is 0 Å². The fourth-order valence-corrected chi connectivity index (χ4v) is 9.16. The minimum absolute atomic E-state index is 0.109. The van der Waals surface area contributed by atoms with E-state index in [9.17, 15) is 30.7 Å². The van der Waals surface area contributed by atoms with Crippen LogP contribution < -0.4 is 10.2 Å². The second-order valence-corrected chi connectivity index (χ2v) is 16.8. The van der Waals surface area contributed by atoms with E-state index in [0.717, 1.165) is 73.4 Å². The van der Waals surface area contributed by atoms with Gasteiger partial charge in [0.1, 0.15) is 34.9 Å². The molecule has 372 valence electrons. The number of hydrogen-bond donors (Lipinski definition) is 1. The highest BCUT2D eigenvalue weighted by molar-refractivity contribution is 5.81. The molecule has 1 N–H and O–H groups in total. The van der Waals surface area contributed by atoms with Crippen molar-refractivity contribution in [1.29, 1.82) is 0 Å². The van der Waals surface area contributed by atoms with Gasteiger partial charge in [-0.25, -0.2) is 35.1 Å². The van der Waals surface area contributed by atoms with Crippen molar-refractivity contribution in [3.8, 4) is 33.6 Å². The molecule has 71 heavy (non-hydrogen) atoms. The van der Waals surface area contributed by atoms with Crippen LogP contribution in [0.1, 0.15) is 93.0 Å². The van der Waals surface area contributed by atoms with Crippen LogP contribution in [0, 0.1) is 42.9 Å². The van der Waals surface area contributed by atoms with Gasteiger partial charge in [-0.3, -0.25) is 24.1 Å². The minimum atomic E-state index is -3.37. The highest BCUT2D eigenvalue weighted by Gasteiger charge is 2.33. The molecule has 10 rings (SSSR count). The lowest BCUT2D eigenvalue weighted by Crippen LogP contribution is -2.20. The highest BCUT2D eigenvalue weighted by atomic mass is 19.3. The molecule has 0 amide bonds. The van der Waals surface area contributed by atoms with Gasteiger partial charge >= 0.3 is 0 Å². The zero-order valence-corrected chi connectivity index (χ0v) is 40.6. The molecule has 0 bridgehead atoms. The number of halogens is 8. The van der Waals surface area contributed by atoms with Crippen LogP contribution in [0.2, 0.25) is 0 Å². The Hall–Kier alpha value is -7.31. The molecular weight excluding hydrogens is 931 g/mol. The molecule has 0 radical (unpaired) electrons. The van der Waals surface area contributed by atoms with Crippen LogP contribution in [-0.2, 0) is 31.6 Å². The fraction of sp³-hybridized carbons (Fsp3) is 0.327. The third-order valence-corrected chi connectivity index (χ3v) is 12.1. The van der Waals surface area contributed by atoms with Crippen molar-refractivity contribution in [1.82, 2.24) is 44.5 Å². The molecule has 3 aliphatic rings. The monoisotopic (exact) mass is 983 g/mol. The second-order valence-electron chi connectivity index (χ2n) is 16.8. The second kappa shape index (κ2) is 21.8. The zero-order chi connectivity index (χ0) is 51.3. The first kappa shape index (κ1) is 51.5. The van der Waals surface area contributed by atoms with Gasteiger partial charge in [-0.1, -0.05) is 19.9 Å². The summed E-state index contributed by atoms with van der Waals surface area (Å²) in [6.45, 7) is 12.6. The molecule has 1 fully saturated rings. The predicted octanol–water partition coefficient (Wildman–Crippen LogP) is 12.3. The summed E-state index contributed by atoms with van der Waals surface area (Å²) in [5.74, 6) is -3.72. The van der Waals surface area contributed by atoms with E-state index in [2.05, 4.69) is 40.7 Å². The molecule has 0 aliphatic carbocycles. The Labute approximate surface area is 406 Å². The molecule has 0 atom stereocenters. The third kappa shape index (κ3) is 10.6. The summed E-state index contributed by atoms with van der Waals surface area (Å²) in [7, 11) is 1.63. The number of nitrogens with one attached hydrogen (secondary N) is 1. The van der Waals surface area contributed by atoms with Crippen molar-refractivity contribution in [2.45, 2.75) is 92.9 Å². The maximum atomic E-state index is 15.2. The summed E-state index contributed by atoms with van der Waals surface area (Å²) in [6, 6.07) is 6.73. The summed E-state index contributed by atoms with van der Waals surface area (Å²) in [4.78, 5) is 13.5. The number of hydrogen-bond acceptors (Lipinski definition) is 9. The van der Waals surface area contributed by atoms with Crippen molar-refractivity contribution in [3.05, 3.63) is 154 Å². The van der Waals surface area contributed by atoms with Crippen molar-refractivity contribution >= 4 is 16.9 Å². The van der Waals surface area contributed by atoms with Crippen molar-refractivity contribution in [2.24, 2.45) is 0 Å². The average molecular weight is 984 g/mol. The van der Waals surface area contributed by atoms with Crippen LogP contribution in [0.3, 0.4) is 0 Å². The fourth-order valence-electron chi connectivity index (χ4n) is 9.16. The van der Waals surface area contributed by atoms with Gasteiger partial charge in [0.05, 0.1) is 52.7 Å². The predicted molar refractivity (Wildman–Crippen MR) is 258 cm³/mol. The molecular formula is C52H53F8N11. The van der Waals surface area contributed by atoms with E-state index in [0.29, 0.717) is 89.3 Å². The standard InChI is InChI=1S/C20H19F2N5.C17H15F2N5.C13H13F4N.C2H6/c1-12-24-25-18-5-4-13-8-14(9-16(21)19(13)27(12)18)15-10-23-11-17(22)20(15)26-6-2-3-7-26;1-9-22-23-15-4-3-10-5-11(6-13(18)17(10)24(9)15)12-7-21-8-14(19)16(12)20-2;1-4-9(5-8(2)14)10-6-18-7-11(15)12(10)13(3,16)17;1-2/h8-11H,2-7H2,1H3;5-8H,3-4H2,1-2H3,(H,20,21);4-7H,1-3H3;1-2H3/b;;8-5+,9-4+;. The first-order valence-electron chi connectivity index (χ1n) is 23.2. The minimum Gasteiger partial charge on any atom is -0.385 e. The summed E-state index contributed by atoms with van der Waals surface area (Å²) in [5, 5.41) is 19.2. The Morgan fingerprint density at radius 3 is 1.63 bits per heavy atom. The van der Waals surface area contributed by atoms with E-state index in [1.807, 2.05) is 37.8 Å². The molecule has 11 nitrogen and oxygen atoms in total. The summed E-state index contributed by atoms with van der Waals surface area (Å²) in [6.07, 6.45) is 14.7. The van der Waals surface area contributed by atoms with Crippen LogP contribution in [0.15, 0.2) is 79.4 Å². The molecule has 1 saturated heterocycles. The third-order valence-electron chi connectivity index (χ3n) is 12.1. The molecule has 3 aliphatic heterocycles. The average Bonchev–Trinajstić information content (AvgIpc) is 4.11. The van der Waals surface area contributed by atoms with E-state index in [1.165, 1.54) is 37.5 Å². The van der Waals surface area contributed by atoms with Gasteiger partial charge in [-0.2, -0.15) is 0 Å². The van der Waals surface area contributed by atoms with Gasteiger partial charge in [-0.15, -0.1) is 20.4 Å². The number of alkyl halides is 2. The molecule has 8 heterocycles. The van der Waals surface area contributed by atoms with Crippen molar-refractivity contribution in [2.75, 3.05) is 30.4 Å². The molecule has 0 saturated carbocycles. The van der Waals surface area contributed by atoms with E-state index >= 15 is 4.39 Å². The topological polar surface area (TPSA) is 115 Å². The normalized spacial score (nSPS) is 13.9. The first-order valence-corrected chi connectivity index (χ1v) is 23.2. The maximum Gasteiger partial charge on any atom is 0.274 e. The number of pyridine rings is 3. The lowest BCUT2D eigenvalue weighted by Gasteiger charge is -2.24. The largest absolute Gasteiger partial charge is 0.385 e.